The van der Waals surface area contributed by atoms with Crippen molar-refractivity contribution in [2.24, 2.45) is 39.9 Å². The van der Waals surface area contributed by atoms with Crippen LogP contribution in [0.1, 0.15) is 79.1 Å². The van der Waals surface area contributed by atoms with Gasteiger partial charge in [-0.25, -0.2) is 0 Å². The van der Waals surface area contributed by atoms with E-state index in [1.54, 1.807) is 6.08 Å². The van der Waals surface area contributed by atoms with Crippen LogP contribution in [-0.2, 0) is 19.1 Å². The fraction of sp³-hybridized carbons (Fsp3) is 0.839. The van der Waals surface area contributed by atoms with E-state index in [-0.39, 0.29) is 58.8 Å². The van der Waals surface area contributed by atoms with Crippen molar-refractivity contribution in [1.82, 2.24) is 5.32 Å². The first kappa shape index (κ1) is 33.3. The summed E-state index contributed by atoms with van der Waals surface area (Å²) >= 11 is 1.27. The molecular formula is C31H46F3NO6S. The zero-order valence-corrected chi connectivity index (χ0v) is 25.9. The maximum absolute atomic E-state index is 13.5. The Morgan fingerprint density at radius 1 is 1.17 bits per heavy atom. The van der Waals surface area contributed by atoms with Crippen LogP contribution in [0.15, 0.2) is 12.7 Å². The number of carbonyl (C=O) groups excluding carboxylic acids is 3. The second-order valence-corrected chi connectivity index (χ2v) is 15.0. The first-order valence-electron chi connectivity index (χ1n) is 15.2. The lowest BCUT2D eigenvalue weighted by atomic mass is 9.44. The highest BCUT2D eigenvalue weighted by Crippen LogP contribution is 2.68. The first-order valence-corrected chi connectivity index (χ1v) is 16.2. The van der Waals surface area contributed by atoms with Crippen LogP contribution in [0, 0.1) is 39.9 Å². The fourth-order valence-corrected chi connectivity index (χ4v) is 10.0. The number of thioether (sulfide) groups is 1. The molecule has 3 N–H and O–H groups in total. The van der Waals surface area contributed by atoms with Crippen LogP contribution in [0.25, 0.3) is 0 Å². The van der Waals surface area contributed by atoms with Gasteiger partial charge >= 0.3 is 18.1 Å². The van der Waals surface area contributed by atoms with Crippen LogP contribution in [0.4, 0.5) is 13.2 Å². The largest absolute Gasteiger partial charge is 0.471 e. The Labute approximate surface area is 250 Å². The highest BCUT2D eigenvalue weighted by molar-refractivity contribution is 8.00. The van der Waals surface area contributed by atoms with Crippen LogP contribution in [-0.4, -0.2) is 69.9 Å². The number of aliphatic hydroxyl groups is 2. The number of Topliss-reactive ketones (excluding diaryl/α,β-unsaturated/α-hetero) is 1. The van der Waals surface area contributed by atoms with E-state index >= 15 is 0 Å². The summed E-state index contributed by atoms with van der Waals surface area (Å²) in [6.07, 6.45) is -0.729. The van der Waals surface area contributed by atoms with E-state index in [1.807, 2.05) is 12.2 Å². The van der Waals surface area contributed by atoms with Crippen molar-refractivity contribution in [3.05, 3.63) is 12.7 Å². The number of ether oxygens (including phenoxy) is 1. The number of rotatable bonds is 8. The molecule has 0 heterocycles. The number of hydrogen-bond donors (Lipinski definition) is 3. The van der Waals surface area contributed by atoms with Gasteiger partial charge in [0.15, 0.2) is 0 Å². The molecular weight excluding hydrogens is 571 g/mol. The lowest BCUT2D eigenvalue weighted by Crippen LogP contribution is -2.63. The Morgan fingerprint density at radius 2 is 1.86 bits per heavy atom. The highest BCUT2D eigenvalue weighted by atomic mass is 32.2. The summed E-state index contributed by atoms with van der Waals surface area (Å²) in [6.45, 7) is 12.1. The van der Waals surface area contributed by atoms with Gasteiger partial charge in [-0.1, -0.05) is 33.8 Å². The Bertz CT molecular complexity index is 1070. The average Bonchev–Trinajstić information content (AvgIpc) is 3.47. The van der Waals surface area contributed by atoms with Gasteiger partial charge < -0.3 is 20.3 Å². The Kier molecular flexibility index (Phi) is 9.57. The molecule has 238 valence electrons. The zero-order valence-electron chi connectivity index (χ0n) is 25.0. The average molecular weight is 618 g/mol. The van der Waals surface area contributed by atoms with Gasteiger partial charge in [0.25, 0.3) is 0 Å². The van der Waals surface area contributed by atoms with Crippen LogP contribution >= 0.6 is 11.8 Å². The van der Waals surface area contributed by atoms with Gasteiger partial charge in [0, 0.05) is 35.0 Å². The van der Waals surface area contributed by atoms with Crippen molar-refractivity contribution < 1.29 is 42.5 Å². The summed E-state index contributed by atoms with van der Waals surface area (Å²) < 4.78 is 43.5. The number of amides is 1. The smallest absolute Gasteiger partial charge is 0.461 e. The third-order valence-electron chi connectivity index (χ3n) is 11.7. The number of aliphatic hydroxyl groups excluding tert-OH is 2. The van der Waals surface area contributed by atoms with Gasteiger partial charge in [0.05, 0.1) is 18.0 Å². The molecule has 11 atom stereocenters. The molecule has 0 radical (unpaired) electrons. The Balaban J connectivity index is 1.45. The molecule has 2 bridgehead atoms. The van der Waals surface area contributed by atoms with Gasteiger partial charge in [0.1, 0.15) is 11.9 Å². The van der Waals surface area contributed by atoms with Crippen molar-refractivity contribution in [1.29, 1.82) is 0 Å². The maximum Gasteiger partial charge on any atom is 0.471 e. The van der Waals surface area contributed by atoms with E-state index in [9.17, 15) is 37.8 Å². The van der Waals surface area contributed by atoms with Crippen LogP contribution < -0.4 is 5.32 Å². The summed E-state index contributed by atoms with van der Waals surface area (Å²) in [4.78, 5) is 37.9. The third kappa shape index (κ3) is 5.78. The molecule has 4 aliphatic rings. The molecule has 0 spiro atoms. The van der Waals surface area contributed by atoms with Crippen LogP contribution in [0.2, 0.25) is 0 Å². The van der Waals surface area contributed by atoms with Gasteiger partial charge in [-0.2, -0.15) is 13.2 Å². The first-order chi connectivity index (χ1) is 19.5. The maximum atomic E-state index is 13.5. The Morgan fingerprint density at radius 3 is 2.50 bits per heavy atom. The third-order valence-corrected chi connectivity index (χ3v) is 13.1. The van der Waals surface area contributed by atoms with E-state index in [1.165, 1.54) is 11.8 Å². The summed E-state index contributed by atoms with van der Waals surface area (Å²) in [7, 11) is 0. The highest BCUT2D eigenvalue weighted by Gasteiger charge is 2.68. The molecule has 42 heavy (non-hydrogen) atoms. The second-order valence-electron chi connectivity index (χ2n) is 13.8. The molecule has 0 aromatic heterocycles. The summed E-state index contributed by atoms with van der Waals surface area (Å²) in [5.74, 6) is -2.87. The topological polar surface area (TPSA) is 113 Å². The molecule has 0 saturated heterocycles. The van der Waals surface area contributed by atoms with Crippen molar-refractivity contribution in [3.8, 4) is 0 Å². The van der Waals surface area contributed by atoms with Crippen molar-refractivity contribution in [2.75, 3.05) is 12.3 Å². The minimum atomic E-state index is -4.94. The monoisotopic (exact) mass is 617 g/mol. The number of alkyl halides is 3. The van der Waals surface area contributed by atoms with Crippen LogP contribution in [0.5, 0.6) is 0 Å². The molecule has 4 saturated carbocycles. The normalized spacial score (nSPS) is 43.7. The molecule has 1 amide bonds. The van der Waals surface area contributed by atoms with E-state index in [2.05, 4.69) is 27.4 Å². The number of hydrogen-bond acceptors (Lipinski definition) is 7. The minimum Gasteiger partial charge on any atom is -0.461 e. The van der Waals surface area contributed by atoms with Crippen LogP contribution in [0.3, 0.4) is 0 Å². The van der Waals surface area contributed by atoms with Crippen molar-refractivity contribution in [3.63, 3.8) is 0 Å². The lowest BCUT2D eigenvalue weighted by Gasteiger charge is -2.61. The molecule has 4 rings (SSSR count). The molecule has 7 nitrogen and oxygen atoms in total. The number of ketones is 1. The standard InChI is InChI=1S/C31H46F3NO6S/c1-6-28(4)15-22(29(5)17(2)9-12-30(18(3)26(28)39)13-10-20(36)25(29)30)41-23(37)16-42-21-8-7-19(24(21)38)11-14-35-27(40)31(32,33)34/h6,17-19,21-22,24-26,38-39H,1,7-16H2,2-5H3,(H,35,40)/t17?,18-,19+,21-,22+,24-,25-,26?,28+,29-,30?/m0/s1. The molecule has 0 aliphatic heterocycles. The molecule has 0 aromatic carbocycles. The van der Waals surface area contributed by atoms with E-state index in [0.717, 1.165) is 19.3 Å². The molecule has 4 aliphatic carbocycles. The lowest BCUT2D eigenvalue weighted by molar-refractivity contribution is -0.205. The van der Waals surface area contributed by atoms with E-state index in [0.29, 0.717) is 25.7 Å². The van der Waals surface area contributed by atoms with Crippen molar-refractivity contribution in [2.45, 2.75) is 109 Å². The summed E-state index contributed by atoms with van der Waals surface area (Å²) in [5, 5.41) is 24.0. The summed E-state index contributed by atoms with van der Waals surface area (Å²) in [6, 6.07) is 0. The minimum absolute atomic E-state index is 0.0201. The predicted octanol–water partition coefficient (Wildman–Crippen LogP) is 4.83. The number of nitrogens with one attached hydrogen (secondary N) is 1. The number of halogens is 3. The quantitative estimate of drug-likeness (QED) is 0.264. The van der Waals surface area contributed by atoms with E-state index < -0.39 is 47.2 Å². The number of esters is 1. The predicted molar refractivity (Wildman–Crippen MR) is 153 cm³/mol. The molecule has 11 heteroatoms. The van der Waals surface area contributed by atoms with Gasteiger partial charge in [0.2, 0.25) is 0 Å². The Hall–Kier alpha value is -1.59. The fourth-order valence-electron chi connectivity index (χ4n) is 8.86. The zero-order chi connectivity index (χ0) is 31.3. The second kappa shape index (κ2) is 12.1. The molecule has 4 fully saturated rings. The summed E-state index contributed by atoms with van der Waals surface area (Å²) in [5.41, 5.74) is -1.69. The van der Waals surface area contributed by atoms with Gasteiger partial charge in [-0.3, -0.25) is 14.4 Å². The van der Waals surface area contributed by atoms with Gasteiger partial charge in [-0.15, -0.1) is 18.3 Å². The number of carbonyl (C=O) groups is 3. The SMILES string of the molecule is C=C[C@]1(C)C[C@@H](OC(=O)CS[C@H]2CC[C@H](CCNC(=O)C(F)(F)F)[C@@H]2O)[C@]2(C)C(C)CCC3(CCC(=O)[C@H]32)[C@@H](C)C1O. The molecule has 3 unspecified atom stereocenters. The van der Waals surface area contributed by atoms with E-state index in [4.69, 9.17) is 4.74 Å². The van der Waals surface area contributed by atoms with Crippen molar-refractivity contribution >= 4 is 29.4 Å². The van der Waals surface area contributed by atoms with Gasteiger partial charge in [-0.05, 0) is 68.1 Å². The molecule has 0 aromatic rings.